The van der Waals surface area contributed by atoms with Crippen LogP contribution in [0.5, 0.6) is 0 Å². The molecular formula is C69H129N5O10. The lowest BCUT2D eigenvalue weighted by Gasteiger charge is -2.34. The van der Waals surface area contributed by atoms with Gasteiger partial charge in [0.2, 0.25) is 23.6 Å². The van der Waals surface area contributed by atoms with E-state index in [1.54, 1.807) is 0 Å². The Hall–Kier alpha value is -3.75. The summed E-state index contributed by atoms with van der Waals surface area (Å²) in [4.78, 5) is 104. The number of rotatable bonds is 58. The van der Waals surface area contributed by atoms with Crippen LogP contribution in [0.3, 0.4) is 0 Å². The minimum Gasteiger partial charge on any atom is -0.463 e. The number of esters is 3. The van der Waals surface area contributed by atoms with E-state index >= 15 is 0 Å². The number of piperidine rings is 1. The molecule has 0 aromatic carbocycles. The zero-order valence-electron chi connectivity index (χ0n) is 55.3. The zero-order chi connectivity index (χ0) is 61.6. The average Bonchev–Trinajstić information content (AvgIpc) is 3.51. The molecule has 0 unspecified atom stereocenters. The number of unbranched alkanes of at least 4 members (excludes halogenated alkanes) is 24. The molecule has 0 saturated carbocycles. The molecule has 1 heterocycles. The van der Waals surface area contributed by atoms with Crippen LogP contribution in [0.15, 0.2) is 0 Å². The van der Waals surface area contributed by atoms with Crippen LogP contribution in [0.2, 0.25) is 0 Å². The Morgan fingerprint density at radius 2 is 0.595 bits per heavy atom. The second-order valence-electron chi connectivity index (χ2n) is 24.7. The smallest absolute Gasteiger partial charge is 0.305 e. The van der Waals surface area contributed by atoms with E-state index in [0.29, 0.717) is 45.8 Å². The highest BCUT2D eigenvalue weighted by molar-refractivity contribution is 5.79. The second-order valence-corrected chi connectivity index (χ2v) is 24.7. The van der Waals surface area contributed by atoms with Crippen molar-refractivity contribution in [2.24, 2.45) is 0 Å². The van der Waals surface area contributed by atoms with Crippen LogP contribution >= 0.6 is 0 Å². The molecular weight excluding hydrogens is 1060 g/mol. The summed E-state index contributed by atoms with van der Waals surface area (Å²) in [5.74, 6) is -2.05. The van der Waals surface area contributed by atoms with E-state index in [4.69, 9.17) is 14.2 Å². The number of hydrogen-bond donors (Lipinski definition) is 1. The molecule has 490 valence electrons. The Morgan fingerprint density at radius 1 is 0.333 bits per heavy atom. The Morgan fingerprint density at radius 3 is 0.857 bits per heavy atom. The van der Waals surface area contributed by atoms with Crippen molar-refractivity contribution in [3.8, 4) is 0 Å². The molecule has 0 aromatic rings. The summed E-state index contributed by atoms with van der Waals surface area (Å²) >= 11 is 0. The normalized spacial score (nSPS) is 12.7. The summed E-state index contributed by atoms with van der Waals surface area (Å²) in [6, 6.07) is 0. The fourth-order valence-electron chi connectivity index (χ4n) is 11.1. The van der Waals surface area contributed by atoms with Crippen molar-refractivity contribution in [1.29, 1.82) is 0 Å². The first-order valence-corrected chi connectivity index (χ1v) is 35.2. The first kappa shape index (κ1) is 78.3. The molecule has 1 saturated heterocycles. The maximum Gasteiger partial charge on any atom is 0.305 e. The van der Waals surface area contributed by atoms with Crippen molar-refractivity contribution in [1.82, 2.24) is 24.9 Å². The lowest BCUT2D eigenvalue weighted by molar-refractivity contribution is -0.159. The van der Waals surface area contributed by atoms with Gasteiger partial charge >= 0.3 is 17.9 Å². The molecule has 0 bridgehead atoms. The third-order valence-electron chi connectivity index (χ3n) is 16.6. The minimum atomic E-state index is -1.65. The highest BCUT2D eigenvalue weighted by Crippen LogP contribution is 2.18. The van der Waals surface area contributed by atoms with Crippen LogP contribution in [-0.2, 0) is 47.8 Å². The number of ether oxygens (including phenoxy) is 3. The molecule has 84 heavy (non-hydrogen) atoms. The second kappa shape index (κ2) is 54.6. The van der Waals surface area contributed by atoms with Crippen LogP contribution < -0.4 is 5.32 Å². The lowest BCUT2D eigenvalue weighted by atomic mass is 10.0. The lowest BCUT2D eigenvalue weighted by Crippen LogP contribution is -2.59. The van der Waals surface area contributed by atoms with Crippen molar-refractivity contribution in [2.45, 2.75) is 323 Å². The Bertz CT molecular complexity index is 1470. The van der Waals surface area contributed by atoms with Gasteiger partial charge in [0.05, 0.1) is 0 Å². The van der Waals surface area contributed by atoms with E-state index in [1.807, 2.05) is 14.7 Å². The van der Waals surface area contributed by atoms with Crippen molar-refractivity contribution < 1.29 is 47.8 Å². The molecule has 4 amide bonds. The summed E-state index contributed by atoms with van der Waals surface area (Å²) in [5, 5.41) is 3.02. The van der Waals surface area contributed by atoms with Crippen LogP contribution in [0.1, 0.15) is 318 Å². The van der Waals surface area contributed by atoms with Gasteiger partial charge in [0, 0.05) is 90.8 Å². The number of hydrogen-bond acceptors (Lipinski definition) is 11. The number of carbonyl (C=O) groups excluding carboxylic acids is 7. The van der Waals surface area contributed by atoms with Gasteiger partial charge in [-0.25, -0.2) is 0 Å². The quantitative estimate of drug-likeness (QED) is 0.0349. The summed E-state index contributed by atoms with van der Waals surface area (Å²) in [5.41, 5.74) is -1.65. The van der Waals surface area contributed by atoms with E-state index in [1.165, 1.54) is 38.5 Å². The van der Waals surface area contributed by atoms with E-state index in [2.05, 4.69) is 51.8 Å². The van der Waals surface area contributed by atoms with Gasteiger partial charge in [-0.15, -0.1) is 0 Å². The van der Waals surface area contributed by atoms with Gasteiger partial charge < -0.3 is 39.1 Å². The third kappa shape index (κ3) is 43.0. The van der Waals surface area contributed by atoms with Gasteiger partial charge in [-0.05, 0) is 83.7 Å². The van der Waals surface area contributed by atoms with Crippen molar-refractivity contribution in [3.05, 3.63) is 0 Å². The van der Waals surface area contributed by atoms with Gasteiger partial charge in [0.1, 0.15) is 25.4 Å². The van der Waals surface area contributed by atoms with Gasteiger partial charge in [-0.2, -0.15) is 0 Å². The topological polar surface area (TPSA) is 172 Å². The third-order valence-corrected chi connectivity index (χ3v) is 16.6. The van der Waals surface area contributed by atoms with Gasteiger partial charge in [0.25, 0.3) is 0 Å². The first-order valence-electron chi connectivity index (χ1n) is 35.2. The molecule has 1 rings (SSSR count). The van der Waals surface area contributed by atoms with Crippen molar-refractivity contribution >= 4 is 41.5 Å². The van der Waals surface area contributed by atoms with Gasteiger partial charge in [-0.1, -0.05) is 202 Å². The van der Waals surface area contributed by atoms with Crippen LogP contribution in [0, 0.1) is 0 Å². The number of amides is 4. The fraction of sp³-hybridized carbons (Fsp3) is 0.899. The van der Waals surface area contributed by atoms with Crippen molar-refractivity contribution in [2.75, 3.05) is 78.7 Å². The molecule has 1 aliphatic heterocycles. The van der Waals surface area contributed by atoms with E-state index < -0.39 is 43.3 Å². The number of nitrogens with zero attached hydrogens (tertiary/aromatic N) is 4. The van der Waals surface area contributed by atoms with Crippen LogP contribution in [0.25, 0.3) is 0 Å². The predicted octanol–water partition coefficient (Wildman–Crippen LogP) is 15.2. The Balaban J connectivity index is 3.35. The highest BCUT2D eigenvalue weighted by Gasteiger charge is 2.38. The molecule has 0 aromatic heterocycles. The summed E-state index contributed by atoms with van der Waals surface area (Å²) < 4.78 is 17.8. The Kier molecular flexibility index (Phi) is 50.9. The predicted molar refractivity (Wildman–Crippen MR) is 343 cm³/mol. The minimum absolute atomic E-state index is 0.0291. The molecule has 1 N–H and O–H groups in total. The molecule has 1 aliphatic rings. The zero-order valence-corrected chi connectivity index (χ0v) is 55.3. The molecule has 15 nitrogen and oxygen atoms in total. The molecule has 0 spiro atoms. The Labute approximate surface area is 514 Å². The standard InChI is InChI=1S/C69H129N5O10/c1-7-13-19-25-34-52-72(53-35-26-20-14-8-2)63(76)43-40-46-66(79)82-59-69(70-62(75)49-58-71-50-32-31-33-51-71,60-83-67(80)47-41-44-64(77)73(54-36-27-21-15-9-3)55-37-28-22-16-10-4)61-84-68(81)48-42-45-65(78)74(56-38-29-23-17-11-5)57-39-30-24-18-12-6/h7-61H2,1-6H3,(H,70,75). The van der Waals surface area contributed by atoms with E-state index in [-0.39, 0.29) is 87.8 Å². The van der Waals surface area contributed by atoms with Crippen LogP contribution in [-0.4, -0.2) is 145 Å². The molecule has 0 aliphatic carbocycles. The average molecular weight is 1190 g/mol. The van der Waals surface area contributed by atoms with Gasteiger partial charge in [-0.3, -0.25) is 33.6 Å². The first-order chi connectivity index (χ1) is 40.9. The molecule has 0 atom stereocenters. The molecule has 15 heteroatoms. The summed E-state index contributed by atoms with van der Waals surface area (Å²) in [6.45, 7) is 18.3. The SMILES string of the molecule is CCCCCCCN(CCCCCCC)C(=O)CCCC(=O)OCC(COC(=O)CCCC(=O)N(CCCCCCC)CCCCCCC)(COC(=O)CCCC(=O)N(CCCCCCC)CCCCCCC)NC(=O)CCN1CCCCC1. The monoisotopic (exact) mass is 1190 g/mol. The number of nitrogens with one attached hydrogen (secondary N) is 1. The summed E-state index contributed by atoms with van der Waals surface area (Å²) in [6.07, 6.45) is 37.8. The largest absolute Gasteiger partial charge is 0.463 e. The van der Waals surface area contributed by atoms with Crippen molar-refractivity contribution in [3.63, 3.8) is 0 Å². The van der Waals surface area contributed by atoms with E-state index in [9.17, 15) is 33.6 Å². The molecule has 1 fully saturated rings. The molecule has 0 radical (unpaired) electrons. The number of likely N-dealkylation sites (tertiary alicyclic amines) is 1. The van der Waals surface area contributed by atoms with Crippen LogP contribution in [0.4, 0.5) is 0 Å². The summed E-state index contributed by atoms with van der Waals surface area (Å²) in [7, 11) is 0. The van der Waals surface area contributed by atoms with Gasteiger partial charge in [0.15, 0.2) is 0 Å². The maximum absolute atomic E-state index is 14.0. The maximum atomic E-state index is 14.0. The fourth-order valence-corrected chi connectivity index (χ4v) is 11.1. The van der Waals surface area contributed by atoms with E-state index in [0.717, 1.165) is 186 Å². The highest BCUT2D eigenvalue weighted by atomic mass is 16.6. The number of carbonyl (C=O) groups is 7.